The maximum atomic E-state index is 12.5. The van der Waals surface area contributed by atoms with Crippen LogP contribution in [0.15, 0.2) is 16.6 Å². The van der Waals surface area contributed by atoms with Crippen LogP contribution < -0.4 is 5.73 Å². The zero-order valence-electron chi connectivity index (χ0n) is 6.89. The molecule has 3 N–H and O–H groups in total. The van der Waals surface area contributed by atoms with Crippen LogP contribution in [-0.4, -0.2) is 9.97 Å². The van der Waals surface area contributed by atoms with E-state index in [9.17, 15) is 8.78 Å². The van der Waals surface area contributed by atoms with Gasteiger partial charge in [-0.3, -0.25) is 0 Å². The number of nitrogens with two attached hydrogens (primary N) is 1. The largest absolute Gasteiger partial charge is 0.369 e. The van der Waals surface area contributed by atoms with Gasteiger partial charge in [-0.2, -0.15) is 0 Å². The Morgan fingerprint density at radius 2 is 2.14 bits per heavy atom. The first kappa shape index (κ1) is 9.39. The predicted molar refractivity (Wildman–Crippen MR) is 53.2 cm³/mol. The molecule has 0 radical (unpaired) electrons. The molecule has 2 rings (SSSR count). The monoisotopic (exact) mass is 261 g/mol. The number of H-pyrrole nitrogens is 1. The van der Waals surface area contributed by atoms with Crippen molar-refractivity contribution in [1.82, 2.24) is 9.97 Å². The van der Waals surface area contributed by atoms with Crippen LogP contribution in [0, 0.1) is 0 Å². The quantitative estimate of drug-likeness (QED) is 0.830. The lowest BCUT2D eigenvalue weighted by Crippen LogP contribution is -1.87. The number of fused-ring (bicyclic) bond motifs is 1. The molecule has 3 nitrogen and oxygen atoms in total. The van der Waals surface area contributed by atoms with Crippen molar-refractivity contribution in [1.29, 1.82) is 0 Å². The highest BCUT2D eigenvalue weighted by molar-refractivity contribution is 9.10. The number of rotatable bonds is 1. The van der Waals surface area contributed by atoms with E-state index in [2.05, 4.69) is 25.9 Å². The van der Waals surface area contributed by atoms with Gasteiger partial charge in [0.05, 0.1) is 5.52 Å². The highest BCUT2D eigenvalue weighted by Gasteiger charge is 2.15. The topological polar surface area (TPSA) is 54.7 Å². The van der Waals surface area contributed by atoms with Gasteiger partial charge in [-0.25, -0.2) is 13.8 Å². The molecule has 0 aliphatic heterocycles. The first-order valence-corrected chi connectivity index (χ1v) is 4.60. The number of aromatic amines is 1. The van der Waals surface area contributed by atoms with E-state index >= 15 is 0 Å². The van der Waals surface area contributed by atoms with Crippen LogP contribution in [0.2, 0.25) is 0 Å². The highest BCUT2D eigenvalue weighted by Crippen LogP contribution is 2.31. The van der Waals surface area contributed by atoms with Crippen LogP contribution in [0.1, 0.15) is 12.0 Å². The Hall–Kier alpha value is -1.17. The van der Waals surface area contributed by atoms with Crippen LogP contribution in [0.3, 0.4) is 0 Å². The van der Waals surface area contributed by atoms with E-state index in [1.54, 1.807) is 6.07 Å². The van der Waals surface area contributed by atoms with Gasteiger partial charge in [0.15, 0.2) is 5.95 Å². The number of aromatic nitrogens is 2. The number of hydrogen-bond acceptors (Lipinski definition) is 2. The number of nitrogen functional groups attached to an aromatic ring is 1. The number of nitrogens with zero attached hydrogens (tertiary/aromatic N) is 1. The Morgan fingerprint density at radius 3 is 2.79 bits per heavy atom. The molecule has 0 bridgehead atoms. The fraction of sp³-hybridized carbons (Fsp3) is 0.125. The highest BCUT2D eigenvalue weighted by atomic mass is 79.9. The summed E-state index contributed by atoms with van der Waals surface area (Å²) >= 11 is 3.22. The van der Waals surface area contributed by atoms with Crippen LogP contribution in [0.4, 0.5) is 14.7 Å². The van der Waals surface area contributed by atoms with Crippen LogP contribution in [-0.2, 0) is 0 Å². The molecule has 2 aromatic rings. The summed E-state index contributed by atoms with van der Waals surface area (Å²) < 4.78 is 25.7. The van der Waals surface area contributed by atoms with Gasteiger partial charge >= 0.3 is 0 Å². The molecule has 0 atom stereocenters. The average Bonchev–Trinajstić information content (AvgIpc) is 2.47. The Bertz CT molecular complexity index is 481. The average molecular weight is 262 g/mol. The number of imidazole rings is 1. The molecule has 0 aliphatic carbocycles. The molecular formula is C8H6BrF2N3. The molecule has 0 fully saturated rings. The summed E-state index contributed by atoms with van der Waals surface area (Å²) in [6, 6.07) is 2.87. The lowest BCUT2D eigenvalue weighted by Gasteiger charge is -2.00. The van der Waals surface area contributed by atoms with Gasteiger partial charge in [-0.15, -0.1) is 0 Å². The molecule has 0 spiro atoms. The lowest BCUT2D eigenvalue weighted by molar-refractivity contribution is 0.153. The minimum atomic E-state index is -2.55. The zero-order valence-corrected chi connectivity index (χ0v) is 8.48. The molecule has 74 valence electrons. The number of halogens is 3. The molecule has 0 saturated carbocycles. The first-order valence-electron chi connectivity index (χ1n) is 3.81. The maximum Gasteiger partial charge on any atom is 0.266 e. The summed E-state index contributed by atoms with van der Waals surface area (Å²) in [5.74, 6) is 0.133. The van der Waals surface area contributed by atoms with Crippen molar-refractivity contribution >= 4 is 32.9 Å². The summed E-state index contributed by atoms with van der Waals surface area (Å²) in [6.07, 6.45) is -2.55. The number of alkyl halides is 2. The van der Waals surface area contributed by atoms with Crippen molar-refractivity contribution < 1.29 is 8.78 Å². The molecule has 14 heavy (non-hydrogen) atoms. The predicted octanol–water partition coefficient (Wildman–Crippen LogP) is 2.85. The lowest BCUT2D eigenvalue weighted by atomic mass is 10.2. The molecule has 1 aromatic heterocycles. The SMILES string of the molecule is Nc1nc2c(C(F)F)ccc(Br)c2[nH]1. The zero-order chi connectivity index (χ0) is 10.3. The molecular weight excluding hydrogens is 256 g/mol. The van der Waals surface area contributed by atoms with E-state index in [4.69, 9.17) is 5.73 Å². The van der Waals surface area contributed by atoms with Crippen molar-refractivity contribution in [2.45, 2.75) is 6.43 Å². The summed E-state index contributed by atoms with van der Waals surface area (Å²) in [5.41, 5.74) is 6.00. The minimum Gasteiger partial charge on any atom is -0.369 e. The smallest absolute Gasteiger partial charge is 0.266 e. The molecule has 1 heterocycles. The van der Waals surface area contributed by atoms with Crippen molar-refractivity contribution in [2.24, 2.45) is 0 Å². The third kappa shape index (κ3) is 1.35. The minimum absolute atomic E-state index is 0.115. The Morgan fingerprint density at radius 1 is 1.43 bits per heavy atom. The van der Waals surface area contributed by atoms with E-state index in [1.165, 1.54) is 6.07 Å². The normalized spacial score (nSPS) is 11.4. The van der Waals surface area contributed by atoms with Gasteiger partial charge in [0.1, 0.15) is 5.52 Å². The van der Waals surface area contributed by atoms with E-state index in [0.29, 0.717) is 9.99 Å². The van der Waals surface area contributed by atoms with Gasteiger partial charge in [0.2, 0.25) is 0 Å². The summed E-state index contributed by atoms with van der Waals surface area (Å²) in [5, 5.41) is 0. The van der Waals surface area contributed by atoms with Crippen molar-refractivity contribution in [3.63, 3.8) is 0 Å². The number of nitrogens with one attached hydrogen (secondary N) is 1. The van der Waals surface area contributed by atoms with Gasteiger partial charge in [-0.1, -0.05) is 0 Å². The van der Waals surface area contributed by atoms with Crippen LogP contribution in [0.5, 0.6) is 0 Å². The molecule has 0 aliphatic rings. The van der Waals surface area contributed by atoms with Gasteiger partial charge in [0.25, 0.3) is 6.43 Å². The third-order valence-electron chi connectivity index (χ3n) is 1.88. The second-order valence-electron chi connectivity index (χ2n) is 2.78. The molecule has 0 unspecified atom stereocenters. The standard InChI is InChI=1S/C8H6BrF2N3/c9-4-2-1-3(7(10)11)5-6(4)14-8(12)13-5/h1-2,7H,(H3,12,13,14). The number of benzene rings is 1. The maximum absolute atomic E-state index is 12.5. The Labute approximate surface area is 86.4 Å². The molecule has 6 heteroatoms. The Kier molecular flexibility index (Phi) is 2.14. The summed E-state index contributed by atoms with van der Waals surface area (Å²) in [6.45, 7) is 0. The summed E-state index contributed by atoms with van der Waals surface area (Å²) in [4.78, 5) is 6.52. The second-order valence-corrected chi connectivity index (χ2v) is 3.64. The van der Waals surface area contributed by atoms with E-state index in [1.807, 2.05) is 0 Å². The van der Waals surface area contributed by atoms with Gasteiger partial charge in [0, 0.05) is 10.0 Å². The van der Waals surface area contributed by atoms with Crippen LogP contribution >= 0.6 is 15.9 Å². The third-order valence-corrected chi connectivity index (χ3v) is 2.54. The molecule has 1 aromatic carbocycles. The first-order chi connectivity index (χ1) is 6.59. The molecule has 0 saturated heterocycles. The van der Waals surface area contributed by atoms with Gasteiger partial charge < -0.3 is 10.7 Å². The number of hydrogen-bond donors (Lipinski definition) is 2. The summed E-state index contributed by atoms with van der Waals surface area (Å²) in [7, 11) is 0. The second kappa shape index (κ2) is 3.20. The van der Waals surface area contributed by atoms with E-state index in [-0.39, 0.29) is 17.0 Å². The fourth-order valence-corrected chi connectivity index (χ4v) is 1.69. The van der Waals surface area contributed by atoms with Crippen LogP contribution in [0.25, 0.3) is 11.0 Å². The van der Waals surface area contributed by atoms with Gasteiger partial charge in [-0.05, 0) is 28.1 Å². The molecule has 0 amide bonds. The van der Waals surface area contributed by atoms with E-state index in [0.717, 1.165) is 0 Å². The fourth-order valence-electron chi connectivity index (χ4n) is 1.27. The van der Waals surface area contributed by atoms with E-state index < -0.39 is 6.43 Å². The van der Waals surface area contributed by atoms with Crippen molar-refractivity contribution in [2.75, 3.05) is 5.73 Å². The number of anilines is 1. The van der Waals surface area contributed by atoms with Crippen molar-refractivity contribution in [3.05, 3.63) is 22.2 Å². The Balaban J connectivity index is 2.81. The van der Waals surface area contributed by atoms with Crippen molar-refractivity contribution in [3.8, 4) is 0 Å².